The smallest absolute Gasteiger partial charge is 0.140 e. The number of benzene rings is 1. The minimum atomic E-state index is -0.182. The van der Waals surface area contributed by atoms with Crippen LogP contribution in [0.2, 0.25) is 0 Å². The van der Waals surface area contributed by atoms with Gasteiger partial charge in [0, 0.05) is 18.7 Å². The maximum absolute atomic E-state index is 13.4. The van der Waals surface area contributed by atoms with Crippen LogP contribution in [0.5, 0.6) is 0 Å². The second kappa shape index (κ2) is 6.43. The van der Waals surface area contributed by atoms with Crippen molar-refractivity contribution in [2.24, 2.45) is 5.92 Å². The van der Waals surface area contributed by atoms with Crippen LogP contribution in [0.1, 0.15) is 25.2 Å². The summed E-state index contributed by atoms with van der Waals surface area (Å²) in [6.45, 7) is 6.19. The van der Waals surface area contributed by atoms with E-state index in [2.05, 4.69) is 29.2 Å². The second-order valence-corrected chi connectivity index (χ2v) is 4.95. The largest absolute Gasteiger partial charge is 0.306 e. The summed E-state index contributed by atoms with van der Waals surface area (Å²) < 4.78 is 15.3. The molecule has 0 spiro atoms. The average Bonchev–Trinajstić information content (AvgIpc) is 2.78. The first-order valence-electron chi connectivity index (χ1n) is 6.47. The van der Waals surface area contributed by atoms with E-state index in [1.54, 1.807) is 18.5 Å². The van der Waals surface area contributed by atoms with Crippen molar-refractivity contribution in [1.82, 2.24) is 20.1 Å². The van der Waals surface area contributed by atoms with Gasteiger partial charge in [-0.15, -0.1) is 0 Å². The highest BCUT2D eigenvalue weighted by atomic mass is 19.1. The fourth-order valence-electron chi connectivity index (χ4n) is 1.87. The second-order valence-electron chi connectivity index (χ2n) is 4.95. The van der Waals surface area contributed by atoms with Gasteiger partial charge in [-0.05, 0) is 12.0 Å². The summed E-state index contributed by atoms with van der Waals surface area (Å²) in [6, 6.07) is 6.78. The molecule has 0 atom stereocenters. The first-order valence-corrected chi connectivity index (χ1v) is 6.47. The van der Waals surface area contributed by atoms with Crippen molar-refractivity contribution in [3.05, 3.63) is 47.8 Å². The molecule has 0 aliphatic rings. The van der Waals surface area contributed by atoms with Crippen LogP contribution in [0.25, 0.3) is 0 Å². The lowest BCUT2D eigenvalue weighted by Gasteiger charge is -2.09. The quantitative estimate of drug-likeness (QED) is 0.869. The summed E-state index contributed by atoms with van der Waals surface area (Å²) >= 11 is 0. The lowest BCUT2D eigenvalue weighted by atomic mass is 10.2. The SMILES string of the molecule is CC(C)Cn1ncnc1CNCc1ccccc1F. The molecule has 0 fully saturated rings. The molecule has 0 unspecified atom stereocenters. The van der Waals surface area contributed by atoms with E-state index >= 15 is 0 Å². The highest BCUT2D eigenvalue weighted by Gasteiger charge is 2.06. The summed E-state index contributed by atoms with van der Waals surface area (Å²) in [5.41, 5.74) is 0.664. The molecule has 2 aromatic rings. The topological polar surface area (TPSA) is 42.7 Å². The molecule has 5 heteroatoms. The zero-order chi connectivity index (χ0) is 13.7. The van der Waals surface area contributed by atoms with Gasteiger partial charge in [-0.1, -0.05) is 32.0 Å². The van der Waals surface area contributed by atoms with E-state index in [1.165, 1.54) is 6.07 Å². The molecule has 19 heavy (non-hydrogen) atoms. The first-order chi connectivity index (χ1) is 9.16. The molecule has 1 aromatic heterocycles. The predicted molar refractivity (Wildman–Crippen MR) is 71.8 cm³/mol. The van der Waals surface area contributed by atoms with Crippen LogP contribution in [0.4, 0.5) is 4.39 Å². The van der Waals surface area contributed by atoms with Crippen molar-refractivity contribution in [1.29, 1.82) is 0 Å². The Morgan fingerprint density at radius 3 is 2.79 bits per heavy atom. The molecule has 4 nitrogen and oxygen atoms in total. The standard InChI is InChI=1S/C14H19FN4/c1-11(2)9-19-14(17-10-18-19)8-16-7-12-5-3-4-6-13(12)15/h3-6,10-11,16H,7-9H2,1-2H3. The number of hydrogen-bond acceptors (Lipinski definition) is 3. The Morgan fingerprint density at radius 1 is 1.26 bits per heavy atom. The highest BCUT2D eigenvalue weighted by Crippen LogP contribution is 2.06. The number of halogens is 1. The van der Waals surface area contributed by atoms with Gasteiger partial charge in [0.1, 0.15) is 18.0 Å². The van der Waals surface area contributed by atoms with Gasteiger partial charge in [0.25, 0.3) is 0 Å². The molecule has 1 aromatic carbocycles. The van der Waals surface area contributed by atoms with Crippen molar-refractivity contribution in [2.45, 2.75) is 33.5 Å². The third-order valence-electron chi connectivity index (χ3n) is 2.79. The Labute approximate surface area is 112 Å². The third kappa shape index (κ3) is 3.86. The molecule has 0 aliphatic carbocycles. The van der Waals surface area contributed by atoms with Crippen LogP contribution in [0.15, 0.2) is 30.6 Å². The predicted octanol–water partition coefficient (Wildman–Crippen LogP) is 2.36. The van der Waals surface area contributed by atoms with E-state index in [-0.39, 0.29) is 5.82 Å². The van der Waals surface area contributed by atoms with Gasteiger partial charge in [0.2, 0.25) is 0 Å². The Kier molecular flexibility index (Phi) is 4.63. The number of nitrogens with zero attached hydrogens (tertiary/aromatic N) is 3. The average molecular weight is 262 g/mol. The number of aromatic nitrogens is 3. The van der Waals surface area contributed by atoms with Gasteiger partial charge in [-0.3, -0.25) is 0 Å². The maximum atomic E-state index is 13.4. The van der Waals surface area contributed by atoms with Crippen molar-refractivity contribution in [3.8, 4) is 0 Å². The lowest BCUT2D eigenvalue weighted by molar-refractivity contribution is 0.456. The highest BCUT2D eigenvalue weighted by molar-refractivity contribution is 5.16. The monoisotopic (exact) mass is 262 g/mol. The molecule has 1 N–H and O–H groups in total. The molecule has 0 amide bonds. The van der Waals surface area contributed by atoms with Gasteiger partial charge in [-0.25, -0.2) is 14.1 Å². The zero-order valence-corrected chi connectivity index (χ0v) is 11.3. The number of rotatable bonds is 6. The van der Waals surface area contributed by atoms with Gasteiger partial charge in [0.05, 0.1) is 6.54 Å². The summed E-state index contributed by atoms with van der Waals surface area (Å²) in [5, 5.41) is 7.39. The Balaban J connectivity index is 1.89. The van der Waals surface area contributed by atoms with E-state index in [0.29, 0.717) is 24.6 Å². The van der Waals surface area contributed by atoms with E-state index in [4.69, 9.17) is 0 Å². The Morgan fingerprint density at radius 2 is 2.05 bits per heavy atom. The number of hydrogen-bond donors (Lipinski definition) is 1. The number of nitrogens with one attached hydrogen (secondary N) is 1. The Hall–Kier alpha value is -1.75. The van der Waals surface area contributed by atoms with Crippen LogP contribution < -0.4 is 5.32 Å². The molecule has 2 rings (SSSR count). The van der Waals surface area contributed by atoms with Crippen LogP contribution in [0.3, 0.4) is 0 Å². The van der Waals surface area contributed by atoms with E-state index in [1.807, 2.05) is 10.7 Å². The van der Waals surface area contributed by atoms with Crippen LogP contribution >= 0.6 is 0 Å². The van der Waals surface area contributed by atoms with Crippen LogP contribution in [0, 0.1) is 11.7 Å². The fourth-order valence-corrected chi connectivity index (χ4v) is 1.87. The summed E-state index contributed by atoms with van der Waals surface area (Å²) in [5.74, 6) is 1.22. The molecule has 1 heterocycles. The summed E-state index contributed by atoms with van der Waals surface area (Å²) in [4.78, 5) is 4.22. The van der Waals surface area contributed by atoms with Crippen molar-refractivity contribution < 1.29 is 4.39 Å². The molecule has 0 radical (unpaired) electrons. The van der Waals surface area contributed by atoms with E-state index < -0.39 is 0 Å². The van der Waals surface area contributed by atoms with Crippen LogP contribution in [-0.2, 0) is 19.6 Å². The molecule has 0 saturated carbocycles. The molecular weight excluding hydrogens is 243 g/mol. The molecular formula is C14H19FN4. The van der Waals surface area contributed by atoms with E-state index in [9.17, 15) is 4.39 Å². The van der Waals surface area contributed by atoms with Gasteiger partial charge >= 0.3 is 0 Å². The zero-order valence-electron chi connectivity index (χ0n) is 11.3. The maximum Gasteiger partial charge on any atom is 0.140 e. The van der Waals surface area contributed by atoms with Crippen molar-refractivity contribution in [2.75, 3.05) is 0 Å². The first kappa shape index (κ1) is 13.7. The minimum Gasteiger partial charge on any atom is -0.306 e. The summed E-state index contributed by atoms with van der Waals surface area (Å²) in [6.07, 6.45) is 1.56. The molecule has 0 saturated heterocycles. The molecule has 0 aliphatic heterocycles. The van der Waals surface area contributed by atoms with Crippen molar-refractivity contribution in [3.63, 3.8) is 0 Å². The molecule has 0 bridgehead atoms. The van der Waals surface area contributed by atoms with Crippen molar-refractivity contribution >= 4 is 0 Å². The van der Waals surface area contributed by atoms with Gasteiger partial charge in [0.15, 0.2) is 0 Å². The summed E-state index contributed by atoms with van der Waals surface area (Å²) in [7, 11) is 0. The Bertz CT molecular complexity index is 522. The molecule has 102 valence electrons. The van der Waals surface area contributed by atoms with E-state index in [0.717, 1.165) is 12.4 Å². The van der Waals surface area contributed by atoms with Gasteiger partial charge < -0.3 is 5.32 Å². The lowest BCUT2D eigenvalue weighted by Crippen LogP contribution is -2.19. The third-order valence-corrected chi connectivity index (χ3v) is 2.79. The minimum absolute atomic E-state index is 0.182. The van der Waals surface area contributed by atoms with Crippen LogP contribution in [-0.4, -0.2) is 14.8 Å². The fraction of sp³-hybridized carbons (Fsp3) is 0.429. The normalized spacial score (nSPS) is 11.2. The van der Waals surface area contributed by atoms with Gasteiger partial charge in [-0.2, -0.15) is 5.10 Å².